The van der Waals surface area contributed by atoms with Crippen LogP contribution in [0.2, 0.25) is 0 Å². The van der Waals surface area contributed by atoms with Gasteiger partial charge >= 0.3 is 0 Å². The molecule has 0 saturated carbocycles. The maximum absolute atomic E-state index is 12.9. The van der Waals surface area contributed by atoms with Crippen LogP contribution in [0, 0.1) is 0 Å². The minimum absolute atomic E-state index is 0.0779. The van der Waals surface area contributed by atoms with Gasteiger partial charge in [0.25, 0.3) is 5.91 Å². The first-order valence-electron chi connectivity index (χ1n) is 7.08. The lowest BCUT2D eigenvalue weighted by Gasteiger charge is -2.17. The molecular weight excluding hydrogens is 348 g/mol. The molecule has 0 saturated heterocycles. The number of nitrogens with one attached hydrogen (secondary N) is 1. The second-order valence-electron chi connectivity index (χ2n) is 4.94. The number of carbonyl (C=O) groups is 1. The van der Waals surface area contributed by atoms with Gasteiger partial charge in [0, 0.05) is 18.9 Å². The summed E-state index contributed by atoms with van der Waals surface area (Å²) in [7, 11) is -3.64. The van der Waals surface area contributed by atoms with Crippen molar-refractivity contribution in [2.75, 3.05) is 6.54 Å². The number of furan rings is 1. The van der Waals surface area contributed by atoms with Gasteiger partial charge in [-0.15, -0.1) is 11.3 Å². The first-order chi connectivity index (χ1) is 11.6. The van der Waals surface area contributed by atoms with Gasteiger partial charge < -0.3 is 9.73 Å². The summed E-state index contributed by atoms with van der Waals surface area (Å²) in [5.74, 6) is -0.330. The van der Waals surface area contributed by atoms with E-state index in [2.05, 4.69) is 10.3 Å². The Morgan fingerprint density at radius 2 is 2.12 bits per heavy atom. The smallest absolute Gasteiger partial charge is 0.287 e. The van der Waals surface area contributed by atoms with Gasteiger partial charge in [-0.2, -0.15) is 0 Å². The third kappa shape index (κ3) is 3.39. The Labute approximate surface area is 143 Å². The van der Waals surface area contributed by atoms with Crippen molar-refractivity contribution in [3.63, 3.8) is 0 Å². The molecule has 3 aromatic heterocycles. The Morgan fingerprint density at radius 3 is 2.75 bits per heavy atom. The van der Waals surface area contributed by atoms with Crippen LogP contribution < -0.4 is 5.32 Å². The average molecular weight is 362 g/mol. The number of carbonyl (C=O) groups excluding carboxylic acids is 1. The van der Waals surface area contributed by atoms with Gasteiger partial charge in [0.2, 0.25) is 0 Å². The van der Waals surface area contributed by atoms with Crippen molar-refractivity contribution in [3.05, 3.63) is 71.8 Å². The number of amides is 1. The van der Waals surface area contributed by atoms with E-state index in [0.29, 0.717) is 5.56 Å². The lowest BCUT2D eigenvalue weighted by atomic mass is 10.2. The van der Waals surface area contributed by atoms with Gasteiger partial charge in [-0.05, 0) is 35.2 Å². The van der Waals surface area contributed by atoms with Crippen LogP contribution in [0.3, 0.4) is 0 Å². The van der Waals surface area contributed by atoms with Crippen LogP contribution in [0.15, 0.2) is 69.1 Å². The molecular formula is C16H14N2O4S2. The van der Waals surface area contributed by atoms with Crippen molar-refractivity contribution in [3.8, 4) is 0 Å². The summed E-state index contributed by atoms with van der Waals surface area (Å²) in [5.41, 5.74) is 0.519. The van der Waals surface area contributed by atoms with Gasteiger partial charge in [0.1, 0.15) is 9.46 Å². The highest BCUT2D eigenvalue weighted by Gasteiger charge is 2.30. The maximum Gasteiger partial charge on any atom is 0.287 e. The van der Waals surface area contributed by atoms with Crippen molar-refractivity contribution in [1.82, 2.24) is 10.3 Å². The third-order valence-corrected chi connectivity index (χ3v) is 6.93. The Kier molecular flexibility index (Phi) is 4.77. The number of hydrogen-bond donors (Lipinski definition) is 1. The standard InChI is InChI=1S/C16H14N2O4S2/c19-16(13-5-2-8-22-13)18-11-14(12-4-1-7-17-10-12)24(20,21)15-6-3-9-23-15/h1-10,14H,11H2,(H,18,19)/t14-/m1/s1. The SMILES string of the molecule is O=C(NC[C@H](c1cccnc1)S(=O)(=O)c1cccs1)c1ccco1. The van der Waals surface area contributed by atoms with Crippen molar-refractivity contribution < 1.29 is 17.6 Å². The number of nitrogens with zero attached hydrogens (tertiary/aromatic N) is 1. The molecule has 0 aliphatic rings. The maximum atomic E-state index is 12.9. The number of pyridine rings is 1. The van der Waals surface area contributed by atoms with E-state index in [0.717, 1.165) is 11.3 Å². The van der Waals surface area contributed by atoms with Crippen LogP contribution in [0.25, 0.3) is 0 Å². The van der Waals surface area contributed by atoms with Gasteiger partial charge in [-0.3, -0.25) is 9.78 Å². The first kappa shape index (κ1) is 16.4. The molecule has 0 unspecified atom stereocenters. The highest BCUT2D eigenvalue weighted by atomic mass is 32.2. The topological polar surface area (TPSA) is 89.3 Å². The van der Waals surface area contributed by atoms with Crippen LogP contribution in [-0.4, -0.2) is 25.9 Å². The molecule has 0 aliphatic heterocycles. The molecule has 0 aromatic carbocycles. The van der Waals surface area contributed by atoms with Crippen molar-refractivity contribution in [2.45, 2.75) is 9.46 Å². The highest BCUT2D eigenvalue weighted by Crippen LogP contribution is 2.30. The molecule has 3 aromatic rings. The van der Waals surface area contributed by atoms with Crippen LogP contribution in [0.4, 0.5) is 0 Å². The van der Waals surface area contributed by atoms with Crippen molar-refractivity contribution in [1.29, 1.82) is 0 Å². The molecule has 0 aliphatic carbocycles. The van der Waals surface area contributed by atoms with E-state index in [-0.39, 0.29) is 16.5 Å². The molecule has 0 bridgehead atoms. The molecule has 1 atom stereocenters. The molecule has 0 radical (unpaired) electrons. The molecule has 0 fully saturated rings. The zero-order chi connectivity index (χ0) is 17.0. The summed E-state index contributed by atoms with van der Waals surface area (Å²) in [6.07, 6.45) is 4.45. The normalized spacial score (nSPS) is 12.7. The fourth-order valence-electron chi connectivity index (χ4n) is 2.22. The van der Waals surface area contributed by atoms with Crippen LogP contribution >= 0.6 is 11.3 Å². The second-order valence-corrected chi connectivity index (χ2v) is 8.24. The minimum Gasteiger partial charge on any atom is -0.459 e. The molecule has 6 nitrogen and oxygen atoms in total. The Balaban J connectivity index is 1.87. The summed E-state index contributed by atoms with van der Waals surface area (Å²) in [4.78, 5) is 16.0. The zero-order valence-corrected chi connectivity index (χ0v) is 14.1. The number of aromatic nitrogens is 1. The summed E-state index contributed by atoms with van der Waals surface area (Å²) >= 11 is 1.15. The van der Waals surface area contributed by atoms with Crippen LogP contribution in [0.5, 0.6) is 0 Å². The van der Waals surface area contributed by atoms with E-state index in [1.165, 1.54) is 18.5 Å². The Morgan fingerprint density at radius 1 is 1.25 bits per heavy atom. The van der Waals surface area contributed by atoms with Gasteiger partial charge in [0.15, 0.2) is 15.6 Å². The predicted octanol–water partition coefficient (Wildman–Crippen LogP) is 2.68. The number of thiophene rings is 1. The van der Waals surface area contributed by atoms with E-state index in [4.69, 9.17) is 4.42 Å². The molecule has 3 rings (SSSR count). The fraction of sp³-hybridized carbons (Fsp3) is 0.125. The molecule has 8 heteroatoms. The molecule has 1 amide bonds. The monoisotopic (exact) mass is 362 g/mol. The summed E-state index contributed by atoms with van der Waals surface area (Å²) in [5, 5.41) is 3.39. The number of hydrogen-bond acceptors (Lipinski definition) is 6. The van der Waals surface area contributed by atoms with E-state index in [1.54, 1.807) is 41.9 Å². The first-order valence-corrected chi connectivity index (χ1v) is 9.50. The number of rotatable bonds is 6. The molecule has 3 heterocycles. The quantitative estimate of drug-likeness (QED) is 0.728. The lowest BCUT2D eigenvalue weighted by Crippen LogP contribution is -2.31. The van der Waals surface area contributed by atoms with E-state index in [9.17, 15) is 13.2 Å². The molecule has 24 heavy (non-hydrogen) atoms. The number of sulfone groups is 1. The zero-order valence-electron chi connectivity index (χ0n) is 12.5. The Hall–Kier alpha value is -2.45. The lowest BCUT2D eigenvalue weighted by molar-refractivity contribution is 0.0926. The summed E-state index contributed by atoms with van der Waals surface area (Å²) < 4.78 is 31.1. The van der Waals surface area contributed by atoms with Crippen molar-refractivity contribution in [2.24, 2.45) is 0 Å². The average Bonchev–Trinajstić information content (AvgIpc) is 3.29. The van der Waals surface area contributed by atoms with Crippen LogP contribution in [0.1, 0.15) is 21.4 Å². The highest BCUT2D eigenvalue weighted by molar-refractivity contribution is 7.93. The predicted molar refractivity (Wildman–Crippen MR) is 89.5 cm³/mol. The van der Waals surface area contributed by atoms with Gasteiger partial charge in [0.05, 0.1) is 6.26 Å². The third-order valence-electron chi connectivity index (χ3n) is 3.40. The fourth-order valence-corrected chi connectivity index (χ4v) is 5.07. The Bertz CT molecular complexity index is 889. The summed E-state index contributed by atoms with van der Waals surface area (Å²) in [6.45, 7) is -0.0779. The molecule has 124 valence electrons. The second kappa shape index (κ2) is 6.98. The van der Waals surface area contributed by atoms with E-state index in [1.807, 2.05) is 0 Å². The molecule has 1 N–H and O–H groups in total. The van der Waals surface area contributed by atoms with Gasteiger partial charge in [-0.25, -0.2) is 8.42 Å². The van der Waals surface area contributed by atoms with E-state index >= 15 is 0 Å². The largest absolute Gasteiger partial charge is 0.459 e. The van der Waals surface area contributed by atoms with Crippen molar-refractivity contribution >= 4 is 27.1 Å². The minimum atomic E-state index is -3.64. The molecule has 0 spiro atoms. The van der Waals surface area contributed by atoms with E-state index < -0.39 is 21.0 Å². The summed E-state index contributed by atoms with van der Waals surface area (Å²) in [6, 6.07) is 9.69. The van der Waals surface area contributed by atoms with Crippen LogP contribution in [-0.2, 0) is 9.84 Å². The van der Waals surface area contributed by atoms with Gasteiger partial charge in [-0.1, -0.05) is 12.1 Å².